The molecular formula is C46H89N5O13. The molecule has 0 aromatic carbocycles. The van der Waals surface area contributed by atoms with Crippen LogP contribution >= 0.6 is 0 Å². The van der Waals surface area contributed by atoms with Crippen molar-refractivity contribution in [1.82, 2.24) is 21.3 Å². The normalized spacial score (nSPS) is 11.5. The number of ether oxygens (including phenoxy) is 4. The zero-order chi connectivity index (χ0) is 48.5. The van der Waals surface area contributed by atoms with Crippen molar-refractivity contribution in [2.45, 2.75) is 182 Å². The number of Topliss-reactive ketones (excluding diaryl/α,β-unsaturated/α-hetero) is 1. The lowest BCUT2D eigenvalue weighted by molar-refractivity contribution is -0.142. The molecule has 64 heavy (non-hydrogen) atoms. The first-order valence-corrected chi connectivity index (χ1v) is 24.0. The van der Waals surface area contributed by atoms with Gasteiger partial charge in [-0.05, 0) is 45.4 Å². The molecule has 18 heteroatoms. The standard InChI is InChI=1S/C42H77N5O13.2C2H6/c1-34(48)35(43)18-16-17-23-44-39(51)32-59-30-29-58-27-25-46-40(52)33-60-31-28-57-26-24-45-37(49)22-21-36(42(55)56)47-38(50)19-14-12-10-8-6-4-2-3-5-7-9-11-13-15-20-41(53)54;2*1-2/h35-36H,2-33,43H2,1H3,(H,44,51)(H,45,49)(H,46,52)(H,47,50)(H,53,54)(H,55,56);2*1-2H3. The lowest BCUT2D eigenvalue weighted by atomic mass is 10.0. The van der Waals surface area contributed by atoms with Crippen LogP contribution in [0.5, 0.6) is 0 Å². The van der Waals surface area contributed by atoms with Crippen LogP contribution in [-0.4, -0.2) is 136 Å². The molecule has 0 radical (unpaired) electrons. The zero-order valence-electron chi connectivity index (χ0n) is 40.2. The fourth-order valence-corrected chi connectivity index (χ4v) is 5.89. The molecule has 0 aromatic rings. The van der Waals surface area contributed by atoms with Crippen molar-refractivity contribution >= 4 is 41.4 Å². The van der Waals surface area contributed by atoms with E-state index < -0.39 is 24.0 Å². The Bertz CT molecular complexity index is 1180. The van der Waals surface area contributed by atoms with Crippen LogP contribution in [-0.2, 0) is 52.5 Å². The number of rotatable bonds is 44. The maximum Gasteiger partial charge on any atom is 0.326 e. The highest BCUT2D eigenvalue weighted by atomic mass is 16.5. The van der Waals surface area contributed by atoms with E-state index >= 15 is 0 Å². The van der Waals surface area contributed by atoms with Gasteiger partial charge in [-0.25, -0.2) is 4.79 Å². The molecule has 8 N–H and O–H groups in total. The summed E-state index contributed by atoms with van der Waals surface area (Å²) < 4.78 is 21.3. The maximum atomic E-state index is 12.3. The molecule has 0 saturated carbocycles. The van der Waals surface area contributed by atoms with Crippen LogP contribution in [0, 0.1) is 0 Å². The number of carboxylic acids is 2. The van der Waals surface area contributed by atoms with Crippen molar-refractivity contribution in [3.63, 3.8) is 0 Å². The predicted octanol–water partition coefficient (Wildman–Crippen LogP) is 5.22. The summed E-state index contributed by atoms with van der Waals surface area (Å²) >= 11 is 0. The van der Waals surface area contributed by atoms with Gasteiger partial charge in [0, 0.05) is 38.9 Å². The molecule has 0 aromatic heterocycles. The van der Waals surface area contributed by atoms with E-state index in [-0.39, 0.29) is 121 Å². The van der Waals surface area contributed by atoms with E-state index in [4.69, 9.17) is 29.8 Å². The molecule has 0 aliphatic carbocycles. The molecule has 0 bridgehead atoms. The molecule has 0 rings (SSSR count). The van der Waals surface area contributed by atoms with Crippen LogP contribution in [0.2, 0.25) is 0 Å². The lowest BCUT2D eigenvalue weighted by Gasteiger charge is -2.14. The second-order valence-electron chi connectivity index (χ2n) is 14.9. The van der Waals surface area contributed by atoms with Gasteiger partial charge in [0.1, 0.15) is 25.0 Å². The number of carbonyl (C=O) groups is 7. The third-order valence-electron chi connectivity index (χ3n) is 9.47. The molecular weight excluding hydrogens is 831 g/mol. The van der Waals surface area contributed by atoms with Crippen molar-refractivity contribution in [3.8, 4) is 0 Å². The highest BCUT2D eigenvalue weighted by Gasteiger charge is 2.21. The van der Waals surface area contributed by atoms with Crippen molar-refractivity contribution < 1.29 is 62.7 Å². The Kier molecular flexibility index (Phi) is 50.7. The molecule has 0 aliphatic heterocycles. The number of nitrogens with one attached hydrogen (secondary N) is 4. The fourth-order valence-electron chi connectivity index (χ4n) is 5.89. The lowest BCUT2D eigenvalue weighted by Crippen LogP contribution is -2.41. The minimum absolute atomic E-state index is 0.0271. The monoisotopic (exact) mass is 920 g/mol. The van der Waals surface area contributed by atoms with E-state index in [0.717, 1.165) is 51.4 Å². The van der Waals surface area contributed by atoms with E-state index in [9.17, 15) is 38.7 Å². The molecule has 0 fully saturated rings. The van der Waals surface area contributed by atoms with Gasteiger partial charge in [-0.15, -0.1) is 0 Å². The first-order valence-electron chi connectivity index (χ1n) is 24.0. The number of unbranched alkanes of at least 4 members (excludes halogenated alkanes) is 14. The van der Waals surface area contributed by atoms with Gasteiger partial charge in [0.15, 0.2) is 0 Å². The van der Waals surface area contributed by atoms with Crippen molar-refractivity contribution in [3.05, 3.63) is 0 Å². The Balaban J connectivity index is -0.00000902. The number of aliphatic carboxylic acids is 2. The van der Waals surface area contributed by atoms with E-state index in [2.05, 4.69) is 21.3 Å². The molecule has 2 unspecified atom stereocenters. The fraction of sp³-hybridized carbons (Fsp3) is 0.848. The Labute approximate surface area is 384 Å². The van der Waals surface area contributed by atoms with E-state index in [1.54, 1.807) is 0 Å². The summed E-state index contributed by atoms with van der Waals surface area (Å²) in [5, 5.41) is 28.7. The molecule has 0 spiro atoms. The molecule has 0 saturated heterocycles. The van der Waals surface area contributed by atoms with Gasteiger partial charge < -0.3 is 56.2 Å². The van der Waals surface area contributed by atoms with Crippen LogP contribution in [0.25, 0.3) is 0 Å². The van der Waals surface area contributed by atoms with Gasteiger partial charge >= 0.3 is 11.9 Å². The largest absolute Gasteiger partial charge is 0.481 e. The second-order valence-corrected chi connectivity index (χ2v) is 14.9. The minimum atomic E-state index is -1.18. The summed E-state index contributed by atoms with van der Waals surface area (Å²) in [5.74, 6) is -3.19. The highest BCUT2D eigenvalue weighted by molar-refractivity contribution is 5.84. The minimum Gasteiger partial charge on any atom is -0.481 e. The number of nitrogens with two attached hydrogens (primary N) is 1. The topological polar surface area (TPSA) is 271 Å². The van der Waals surface area contributed by atoms with E-state index in [0.29, 0.717) is 19.4 Å². The quantitative estimate of drug-likeness (QED) is 0.0387. The van der Waals surface area contributed by atoms with Crippen LogP contribution in [0.1, 0.15) is 169 Å². The van der Waals surface area contributed by atoms with Crippen molar-refractivity contribution in [2.75, 3.05) is 72.5 Å². The first-order chi connectivity index (χ1) is 30.9. The number of ketones is 1. The Morgan fingerprint density at radius 1 is 0.453 bits per heavy atom. The van der Waals surface area contributed by atoms with Gasteiger partial charge in [0.05, 0.1) is 45.7 Å². The Morgan fingerprint density at radius 2 is 0.859 bits per heavy atom. The zero-order valence-corrected chi connectivity index (χ0v) is 40.2. The Morgan fingerprint density at radius 3 is 1.30 bits per heavy atom. The van der Waals surface area contributed by atoms with Gasteiger partial charge in [-0.2, -0.15) is 0 Å². The van der Waals surface area contributed by atoms with Crippen LogP contribution < -0.4 is 27.0 Å². The molecule has 376 valence electrons. The molecule has 0 heterocycles. The number of hydrogen-bond acceptors (Lipinski definition) is 12. The average Bonchev–Trinajstić information content (AvgIpc) is 3.27. The number of hydrogen-bond donors (Lipinski definition) is 7. The summed E-state index contributed by atoms with van der Waals surface area (Å²) in [6, 6.07) is -1.59. The van der Waals surface area contributed by atoms with Crippen LogP contribution in [0.3, 0.4) is 0 Å². The second kappa shape index (κ2) is 50.3. The molecule has 18 nitrogen and oxygen atoms in total. The summed E-state index contributed by atoms with van der Waals surface area (Å²) in [7, 11) is 0. The van der Waals surface area contributed by atoms with Crippen molar-refractivity contribution in [1.29, 1.82) is 0 Å². The maximum absolute atomic E-state index is 12.3. The summed E-state index contributed by atoms with van der Waals surface area (Å²) in [4.78, 5) is 81.4. The van der Waals surface area contributed by atoms with Gasteiger partial charge in [-0.3, -0.25) is 28.8 Å². The van der Waals surface area contributed by atoms with E-state index in [1.807, 2.05) is 27.7 Å². The third kappa shape index (κ3) is 49.3. The van der Waals surface area contributed by atoms with Gasteiger partial charge in [0.25, 0.3) is 0 Å². The summed E-state index contributed by atoms with van der Waals surface area (Å²) in [6.45, 7) is 11.5. The summed E-state index contributed by atoms with van der Waals surface area (Å²) in [6.07, 6.45) is 17.5. The molecule has 4 amide bonds. The Hall–Kier alpha value is -3.71. The molecule has 0 aliphatic rings. The third-order valence-corrected chi connectivity index (χ3v) is 9.47. The highest BCUT2D eigenvalue weighted by Crippen LogP contribution is 2.14. The average molecular weight is 920 g/mol. The van der Waals surface area contributed by atoms with Crippen LogP contribution in [0.4, 0.5) is 0 Å². The predicted molar refractivity (Wildman–Crippen MR) is 248 cm³/mol. The van der Waals surface area contributed by atoms with E-state index in [1.165, 1.54) is 51.9 Å². The summed E-state index contributed by atoms with van der Waals surface area (Å²) in [5.41, 5.74) is 5.67. The number of carboxylic acid groups (broad SMARTS) is 2. The SMILES string of the molecule is CC.CC.CC(=O)C(N)CCCCNC(=O)COCCOCCNC(=O)COCCOCCNC(=O)CCC(NC(=O)CCCCCCCCCCCCCCCCC(=O)O)C(=O)O. The number of amides is 4. The van der Waals surface area contributed by atoms with Gasteiger partial charge in [0.2, 0.25) is 23.6 Å². The van der Waals surface area contributed by atoms with Gasteiger partial charge in [-0.1, -0.05) is 105 Å². The number of carbonyl (C=O) groups excluding carboxylic acids is 5. The smallest absolute Gasteiger partial charge is 0.326 e. The molecule has 2 atom stereocenters. The van der Waals surface area contributed by atoms with Crippen molar-refractivity contribution in [2.24, 2.45) is 5.73 Å². The first kappa shape index (κ1) is 64.6. The van der Waals surface area contributed by atoms with Crippen LogP contribution in [0.15, 0.2) is 0 Å².